The van der Waals surface area contributed by atoms with Crippen LogP contribution in [0.1, 0.15) is 0 Å². The molecule has 0 spiro atoms. The number of aromatic nitrogens is 4. The summed E-state index contributed by atoms with van der Waals surface area (Å²) in [5.41, 5.74) is 7.86. The van der Waals surface area contributed by atoms with E-state index in [0.29, 0.717) is 17.5 Å². The molecule has 0 fully saturated rings. The first kappa shape index (κ1) is 30.3. The Balaban J connectivity index is 1.17. The van der Waals surface area contributed by atoms with E-state index >= 15 is 0 Å². The highest BCUT2D eigenvalue weighted by Gasteiger charge is 2.21. The van der Waals surface area contributed by atoms with Crippen LogP contribution in [-0.2, 0) is 0 Å². The normalized spacial score (nSPS) is 12.0. The predicted octanol–water partition coefficient (Wildman–Crippen LogP) is 13.4. The van der Waals surface area contributed by atoms with Crippen molar-refractivity contribution >= 4 is 86.0 Å². The topological polar surface area (TPSA) is 56.7 Å². The fourth-order valence-electron chi connectivity index (χ4n) is 8.33. The van der Waals surface area contributed by atoms with E-state index in [4.69, 9.17) is 19.4 Å². The lowest BCUT2D eigenvalue weighted by Crippen LogP contribution is -2.01. The number of rotatable bonds is 4. The Morgan fingerprint density at radius 2 is 1.13 bits per heavy atom. The van der Waals surface area contributed by atoms with Crippen molar-refractivity contribution in [3.8, 4) is 39.9 Å². The van der Waals surface area contributed by atoms with Gasteiger partial charge in [-0.3, -0.25) is 0 Å². The van der Waals surface area contributed by atoms with Crippen molar-refractivity contribution in [2.45, 2.75) is 0 Å². The zero-order valence-electron chi connectivity index (χ0n) is 29.3. The summed E-state index contributed by atoms with van der Waals surface area (Å²) in [5.74, 6) is 1.87. The van der Waals surface area contributed by atoms with E-state index in [1.54, 1.807) is 11.3 Å². The van der Waals surface area contributed by atoms with Gasteiger partial charge in [0.1, 0.15) is 11.2 Å². The fourth-order valence-corrected chi connectivity index (χ4v) is 9.52. The highest BCUT2D eigenvalue weighted by Crippen LogP contribution is 2.44. The Bertz CT molecular complexity index is 3500. The third-order valence-electron chi connectivity index (χ3n) is 10.8. The second-order valence-electron chi connectivity index (χ2n) is 14.0. The minimum absolute atomic E-state index is 0.610. The monoisotopic (exact) mass is 720 g/mol. The molecule has 0 radical (unpaired) electrons. The SMILES string of the molecule is c1ccc(-c2nc(-c3ccc4oc5ccccc5c4c3)nc(-c3cc(-n4c5ccccc5c5c6ccccc6ccc54)cc4c3sc3ccccc34)n2)cc1. The summed E-state index contributed by atoms with van der Waals surface area (Å²) in [5, 5.41) is 9.43. The first-order valence-corrected chi connectivity index (χ1v) is 19.2. The van der Waals surface area contributed by atoms with Crippen LogP contribution in [0.4, 0.5) is 0 Å². The standard InChI is InChI=1S/C49H28N4OS/c1-2-13-30(14-3-1)47-50-48(31-23-25-43-37(26-31)34-16-7-10-20-42(34)54-43)52-49(51-47)39-28-32(27-38-35-17-8-11-21-44(35)55-46(38)39)53-40-19-9-6-18-36(40)45-33-15-5-4-12-29(33)22-24-41(45)53/h1-28H. The van der Waals surface area contributed by atoms with Gasteiger partial charge in [-0.1, -0.05) is 115 Å². The lowest BCUT2D eigenvalue weighted by Gasteiger charge is -2.13. The minimum Gasteiger partial charge on any atom is -0.456 e. The quantitative estimate of drug-likeness (QED) is 0.182. The molecule has 12 rings (SSSR count). The zero-order valence-corrected chi connectivity index (χ0v) is 30.1. The average Bonchev–Trinajstić information content (AvgIpc) is 3.93. The Morgan fingerprint density at radius 1 is 0.436 bits per heavy atom. The summed E-state index contributed by atoms with van der Waals surface area (Å²) in [4.78, 5) is 15.7. The molecule has 0 unspecified atom stereocenters. The van der Waals surface area contributed by atoms with Gasteiger partial charge in [0.2, 0.25) is 0 Å². The maximum atomic E-state index is 6.19. The first-order chi connectivity index (χ1) is 27.2. The molecular formula is C49H28N4OS. The smallest absolute Gasteiger partial charge is 0.165 e. The van der Waals surface area contributed by atoms with Crippen LogP contribution in [-0.4, -0.2) is 19.5 Å². The molecule has 0 aliphatic heterocycles. The minimum atomic E-state index is 0.610. The van der Waals surface area contributed by atoms with Crippen LogP contribution in [0.5, 0.6) is 0 Å². The van der Waals surface area contributed by atoms with Crippen molar-refractivity contribution in [1.29, 1.82) is 0 Å². The number of hydrogen-bond donors (Lipinski definition) is 0. The second kappa shape index (κ2) is 11.7. The van der Waals surface area contributed by atoms with Gasteiger partial charge in [0, 0.05) is 64.1 Å². The number of nitrogens with zero attached hydrogens (tertiary/aromatic N) is 4. The van der Waals surface area contributed by atoms with E-state index in [2.05, 4.69) is 126 Å². The molecule has 8 aromatic carbocycles. The molecule has 0 bridgehead atoms. The van der Waals surface area contributed by atoms with E-state index in [1.807, 2.05) is 48.5 Å². The number of fused-ring (bicyclic) bond motifs is 11. The van der Waals surface area contributed by atoms with Crippen molar-refractivity contribution in [2.75, 3.05) is 0 Å². The maximum Gasteiger partial charge on any atom is 0.165 e. The molecule has 0 amide bonds. The van der Waals surface area contributed by atoms with Crippen LogP contribution in [0.25, 0.3) is 115 Å². The van der Waals surface area contributed by atoms with E-state index in [0.717, 1.165) is 60.0 Å². The molecule has 4 heterocycles. The Labute approximate surface area is 318 Å². The number of para-hydroxylation sites is 2. The molecule has 0 aliphatic rings. The van der Waals surface area contributed by atoms with Gasteiger partial charge >= 0.3 is 0 Å². The van der Waals surface area contributed by atoms with Gasteiger partial charge in [-0.05, 0) is 65.4 Å². The van der Waals surface area contributed by atoms with Crippen LogP contribution in [0.2, 0.25) is 0 Å². The Kier molecular flexibility index (Phi) is 6.44. The van der Waals surface area contributed by atoms with Gasteiger partial charge in [-0.2, -0.15) is 0 Å². The van der Waals surface area contributed by atoms with Crippen LogP contribution in [0, 0.1) is 0 Å². The molecule has 0 atom stereocenters. The first-order valence-electron chi connectivity index (χ1n) is 18.4. The summed E-state index contributed by atoms with van der Waals surface area (Å²) in [6, 6.07) is 59.7. The average molecular weight is 721 g/mol. The number of furan rings is 1. The summed E-state index contributed by atoms with van der Waals surface area (Å²) in [6.45, 7) is 0. The largest absolute Gasteiger partial charge is 0.456 e. The van der Waals surface area contributed by atoms with E-state index in [-0.39, 0.29) is 0 Å². The number of thiophene rings is 1. The lowest BCUT2D eigenvalue weighted by atomic mass is 10.0. The fraction of sp³-hybridized carbons (Fsp3) is 0. The molecule has 4 aromatic heterocycles. The molecule has 256 valence electrons. The third-order valence-corrected chi connectivity index (χ3v) is 12.0. The van der Waals surface area contributed by atoms with Gasteiger partial charge in [0.25, 0.3) is 0 Å². The molecule has 0 N–H and O–H groups in total. The van der Waals surface area contributed by atoms with E-state index in [9.17, 15) is 0 Å². The zero-order chi connectivity index (χ0) is 36.0. The van der Waals surface area contributed by atoms with Crippen LogP contribution in [0.3, 0.4) is 0 Å². The molecule has 5 nitrogen and oxygen atoms in total. The van der Waals surface area contributed by atoms with Crippen LogP contribution < -0.4 is 0 Å². The van der Waals surface area contributed by atoms with Crippen LogP contribution in [0.15, 0.2) is 174 Å². The lowest BCUT2D eigenvalue weighted by molar-refractivity contribution is 0.669. The summed E-state index contributed by atoms with van der Waals surface area (Å²) in [7, 11) is 0. The maximum absolute atomic E-state index is 6.19. The molecule has 0 saturated carbocycles. The van der Waals surface area contributed by atoms with Gasteiger partial charge in [0.15, 0.2) is 17.5 Å². The highest BCUT2D eigenvalue weighted by molar-refractivity contribution is 7.26. The molecule has 6 heteroatoms. The molecular weight excluding hydrogens is 693 g/mol. The van der Waals surface area contributed by atoms with Gasteiger partial charge in [0.05, 0.1) is 11.0 Å². The number of hydrogen-bond acceptors (Lipinski definition) is 5. The Morgan fingerprint density at radius 3 is 2.02 bits per heavy atom. The summed E-state index contributed by atoms with van der Waals surface area (Å²) < 4.78 is 11.0. The highest BCUT2D eigenvalue weighted by atomic mass is 32.1. The van der Waals surface area contributed by atoms with E-state index < -0.39 is 0 Å². The van der Waals surface area contributed by atoms with Crippen molar-refractivity contribution in [1.82, 2.24) is 19.5 Å². The van der Waals surface area contributed by atoms with Crippen molar-refractivity contribution in [3.05, 3.63) is 170 Å². The predicted molar refractivity (Wildman–Crippen MR) is 228 cm³/mol. The summed E-state index contributed by atoms with van der Waals surface area (Å²) >= 11 is 1.78. The van der Waals surface area contributed by atoms with E-state index in [1.165, 1.54) is 37.0 Å². The molecule has 55 heavy (non-hydrogen) atoms. The molecule has 0 saturated heterocycles. The van der Waals surface area contributed by atoms with Gasteiger partial charge in [-0.15, -0.1) is 11.3 Å². The van der Waals surface area contributed by atoms with Crippen LogP contribution >= 0.6 is 11.3 Å². The summed E-state index contributed by atoms with van der Waals surface area (Å²) in [6.07, 6.45) is 0. The van der Waals surface area contributed by atoms with Crippen molar-refractivity contribution in [3.63, 3.8) is 0 Å². The van der Waals surface area contributed by atoms with Crippen molar-refractivity contribution in [2.24, 2.45) is 0 Å². The number of benzene rings is 8. The van der Waals surface area contributed by atoms with Gasteiger partial charge < -0.3 is 8.98 Å². The third kappa shape index (κ3) is 4.62. The molecule has 12 aromatic rings. The molecule has 0 aliphatic carbocycles. The van der Waals surface area contributed by atoms with Crippen molar-refractivity contribution < 1.29 is 4.42 Å². The Hall–Kier alpha value is -7.15. The van der Waals surface area contributed by atoms with Gasteiger partial charge in [-0.25, -0.2) is 15.0 Å². The second-order valence-corrected chi connectivity index (χ2v) is 15.0.